The zero-order valence-corrected chi connectivity index (χ0v) is 20.9. The molecule has 3 heterocycles. The Labute approximate surface area is 204 Å². The summed E-state index contributed by atoms with van der Waals surface area (Å²) in [5.74, 6) is 1.93. The molecule has 1 aromatic heterocycles. The minimum Gasteiger partial charge on any atom is -0.350 e. The van der Waals surface area contributed by atoms with Gasteiger partial charge in [0, 0.05) is 42.3 Å². The number of aromatic amines is 1. The number of nitrogens with zero attached hydrogens (tertiary/aromatic N) is 3. The zero-order chi connectivity index (χ0) is 23.7. The summed E-state index contributed by atoms with van der Waals surface area (Å²) < 4.78 is 0. The highest BCUT2D eigenvalue weighted by atomic mass is 15.3. The summed E-state index contributed by atoms with van der Waals surface area (Å²) in [6.07, 6.45) is 14.2. The van der Waals surface area contributed by atoms with Gasteiger partial charge >= 0.3 is 0 Å². The number of hydrogen-bond donors (Lipinski definition) is 2. The average Bonchev–Trinajstić information content (AvgIpc) is 3.46. The number of hydrogen-bond acceptors (Lipinski definition) is 4. The van der Waals surface area contributed by atoms with Crippen molar-refractivity contribution in [2.75, 3.05) is 25.0 Å². The van der Waals surface area contributed by atoms with Crippen LogP contribution < -0.4 is 5.32 Å². The molecule has 2 aliphatic heterocycles. The van der Waals surface area contributed by atoms with Crippen molar-refractivity contribution in [3.63, 3.8) is 0 Å². The summed E-state index contributed by atoms with van der Waals surface area (Å²) in [6.45, 7) is 17.1. The second kappa shape index (κ2) is 9.83. The summed E-state index contributed by atoms with van der Waals surface area (Å²) in [4.78, 5) is 5.22. The summed E-state index contributed by atoms with van der Waals surface area (Å²) in [6, 6.07) is 5.01. The van der Waals surface area contributed by atoms with Gasteiger partial charge in [0.1, 0.15) is 0 Å². The number of aromatic nitrogens is 2. The molecule has 1 saturated heterocycles. The van der Waals surface area contributed by atoms with E-state index >= 15 is 0 Å². The van der Waals surface area contributed by atoms with Crippen LogP contribution in [0.3, 0.4) is 0 Å². The Balaban J connectivity index is 1.39. The Kier molecular flexibility index (Phi) is 6.64. The number of fused-ring (bicyclic) bond motifs is 2. The van der Waals surface area contributed by atoms with E-state index in [-0.39, 0.29) is 0 Å². The minimum absolute atomic E-state index is 0.518. The lowest BCUT2D eigenvalue weighted by Gasteiger charge is -2.44. The first-order valence-electron chi connectivity index (χ1n) is 13.0. The first-order valence-corrected chi connectivity index (χ1v) is 13.0. The smallest absolute Gasteiger partial charge is 0.0999 e. The van der Waals surface area contributed by atoms with Crippen LogP contribution in [0.15, 0.2) is 54.9 Å². The summed E-state index contributed by atoms with van der Waals surface area (Å²) in [5, 5.41) is 12.7. The maximum atomic E-state index is 4.67. The molecule has 180 valence electrons. The van der Waals surface area contributed by atoms with Crippen LogP contribution in [0.1, 0.15) is 63.6 Å². The first kappa shape index (κ1) is 23.0. The molecule has 3 aliphatic rings. The molecule has 5 rings (SSSR count). The van der Waals surface area contributed by atoms with Gasteiger partial charge in [0.25, 0.3) is 0 Å². The molecule has 1 aliphatic carbocycles. The number of likely N-dealkylation sites (tertiary alicyclic amines) is 1. The highest BCUT2D eigenvalue weighted by Gasteiger charge is 2.31. The van der Waals surface area contributed by atoms with Gasteiger partial charge in [-0.2, -0.15) is 5.10 Å². The molecule has 34 heavy (non-hydrogen) atoms. The Morgan fingerprint density at radius 1 is 1.18 bits per heavy atom. The number of rotatable bonds is 6. The summed E-state index contributed by atoms with van der Waals surface area (Å²) in [5.41, 5.74) is 6.80. The topological polar surface area (TPSA) is 47.2 Å². The van der Waals surface area contributed by atoms with Crippen LogP contribution in [-0.2, 0) is 6.54 Å². The third-order valence-electron chi connectivity index (χ3n) is 7.68. The number of anilines is 1. The van der Waals surface area contributed by atoms with Crippen molar-refractivity contribution in [3.05, 3.63) is 66.2 Å². The lowest BCUT2D eigenvalue weighted by atomic mass is 9.98. The SMILES string of the molecule is C=C/C=C(\C=C(C)C)c1n[nH]c2cc3c(cc12)CN([C@@H]1CCCN(CC2CCCC2)C1)C(=C)N3. The van der Waals surface area contributed by atoms with Crippen molar-refractivity contribution in [3.8, 4) is 0 Å². The number of benzene rings is 1. The molecule has 0 unspecified atom stereocenters. The number of piperidine rings is 1. The van der Waals surface area contributed by atoms with Gasteiger partial charge < -0.3 is 15.1 Å². The third kappa shape index (κ3) is 4.72. The second-order valence-electron chi connectivity index (χ2n) is 10.6. The molecule has 0 bridgehead atoms. The van der Waals surface area contributed by atoms with E-state index in [9.17, 15) is 0 Å². The van der Waals surface area contributed by atoms with Gasteiger partial charge in [0.2, 0.25) is 0 Å². The van der Waals surface area contributed by atoms with Crippen LogP contribution in [-0.4, -0.2) is 45.7 Å². The summed E-state index contributed by atoms with van der Waals surface area (Å²) >= 11 is 0. The monoisotopic (exact) mass is 457 g/mol. The molecule has 2 N–H and O–H groups in total. The van der Waals surface area contributed by atoms with Gasteiger partial charge in [0.15, 0.2) is 0 Å². The van der Waals surface area contributed by atoms with Gasteiger partial charge in [-0.25, -0.2) is 0 Å². The zero-order valence-electron chi connectivity index (χ0n) is 20.9. The molecule has 0 radical (unpaired) electrons. The molecular weight excluding hydrogens is 418 g/mol. The molecule has 2 aromatic rings. The number of H-pyrrole nitrogens is 1. The van der Waals surface area contributed by atoms with E-state index in [1.807, 2.05) is 12.2 Å². The fourth-order valence-corrected chi connectivity index (χ4v) is 6.08. The first-order chi connectivity index (χ1) is 16.5. The van der Waals surface area contributed by atoms with Crippen LogP contribution in [0.5, 0.6) is 0 Å². The highest BCUT2D eigenvalue weighted by Crippen LogP contribution is 2.36. The molecule has 1 saturated carbocycles. The van der Waals surface area contributed by atoms with E-state index in [0.717, 1.165) is 52.7 Å². The van der Waals surface area contributed by atoms with Crippen LogP contribution >= 0.6 is 0 Å². The maximum absolute atomic E-state index is 4.67. The number of nitrogens with one attached hydrogen (secondary N) is 2. The van der Waals surface area contributed by atoms with Crippen LogP contribution in [0.25, 0.3) is 16.5 Å². The molecule has 0 amide bonds. The van der Waals surface area contributed by atoms with E-state index in [2.05, 4.69) is 70.5 Å². The lowest BCUT2D eigenvalue weighted by molar-refractivity contribution is 0.104. The number of allylic oxidation sites excluding steroid dienone is 5. The third-order valence-corrected chi connectivity index (χ3v) is 7.68. The van der Waals surface area contributed by atoms with Gasteiger partial charge in [-0.3, -0.25) is 5.10 Å². The maximum Gasteiger partial charge on any atom is 0.0999 e. The lowest BCUT2D eigenvalue weighted by Crippen LogP contribution is -2.50. The minimum atomic E-state index is 0.518. The van der Waals surface area contributed by atoms with Crippen molar-refractivity contribution in [2.24, 2.45) is 5.92 Å². The Bertz CT molecular complexity index is 1130. The molecule has 5 heteroatoms. The molecule has 2 fully saturated rings. The predicted molar refractivity (Wildman–Crippen MR) is 143 cm³/mol. The largest absolute Gasteiger partial charge is 0.350 e. The van der Waals surface area contributed by atoms with E-state index in [4.69, 9.17) is 0 Å². The molecule has 1 atom stereocenters. The van der Waals surface area contributed by atoms with Crippen molar-refractivity contribution in [2.45, 2.75) is 65.0 Å². The van der Waals surface area contributed by atoms with Gasteiger partial charge in [-0.1, -0.05) is 49.8 Å². The Morgan fingerprint density at radius 3 is 2.76 bits per heavy atom. The fourth-order valence-electron chi connectivity index (χ4n) is 6.08. The Morgan fingerprint density at radius 2 is 2.00 bits per heavy atom. The van der Waals surface area contributed by atoms with Crippen molar-refractivity contribution in [1.82, 2.24) is 20.0 Å². The quantitative estimate of drug-likeness (QED) is 0.489. The Hall–Kier alpha value is -2.79. The van der Waals surface area contributed by atoms with Crippen LogP contribution in [0, 0.1) is 5.92 Å². The standard InChI is InChI=1S/C29H39N5/c1-5-9-23(14-20(2)3)29-26-15-24-18-34(21(4)30-27(24)16-28(26)31-32-29)25-12-8-13-33(19-25)17-22-10-6-7-11-22/h5,9,14-16,22,25,30H,1,4,6-8,10-13,17-19H2,2-3H3,(H,31,32)/b23-9+/t25-/m1/s1. The van der Waals surface area contributed by atoms with Gasteiger partial charge in [0.05, 0.1) is 17.0 Å². The molecular formula is C29H39N5. The van der Waals surface area contributed by atoms with Crippen molar-refractivity contribution in [1.29, 1.82) is 0 Å². The van der Waals surface area contributed by atoms with E-state index in [1.165, 1.54) is 62.8 Å². The van der Waals surface area contributed by atoms with Crippen molar-refractivity contribution < 1.29 is 0 Å². The van der Waals surface area contributed by atoms with Crippen LogP contribution in [0.4, 0.5) is 5.69 Å². The van der Waals surface area contributed by atoms with Gasteiger partial charge in [-0.15, -0.1) is 0 Å². The highest BCUT2D eigenvalue weighted by molar-refractivity contribution is 5.95. The van der Waals surface area contributed by atoms with Crippen molar-refractivity contribution >= 4 is 22.2 Å². The molecule has 5 nitrogen and oxygen atoms in total. The predicted octanol–water partition coefficient (Wildman–Crippen LogP) is 6.45. The second-order valence-corrected chi connectivity index (χ2v) is 10.6. The average molecular weight is 458 g/mol. The fraction of sp³-hybridized carbons (Fsp3) is 0.483. The van der Waals surface area contributed by atoms with E-state index in [1.54, 1.807) is 0 Å². The van der Waals surface area contributed by atoms with E-state index < -0.39 is 0 Å². The normalized spacial score (nSPS) is 22.1. The van der Waals surface area contributed by atoms with E-state index in [0.29, 0.717) is 6.04 Å². The van der Waals surface area contributed by atoms with Crippen LogP contribution in [0.2, 0.25) is 0 Å². The van der Waals surface area contributed by atoms with Gasteiger partial charge in [-0.05, 0) is 69.7 Å². The summed E-state index contributed by atoms with van der Waals surface area (Å²) in [7, 11) is 0. The molecule has 1 aromatic carbocycles. The molecule has 0 spiro atoms.